The molecule has 3 aromatic rings. The molecular formula is C19H21N5O2. The van der Waals surface area contributed by atoms with Gasteiger partial charge in [0.2, 0.25) is 5.95 Å². The standard InChI is InChI=1S/C19H21N5O2/c1-26-17-4-3-14(13-16(17)25)18-20-9-12-24(18)15-5-10-23(11-6-15)19-21-7-2-8-22-19/h2-4,7-9,12-13,15,25H,5-6,10-11H2,1H3. The van der Waals surface area contributed by atoms with Crippen LogP contribution < -0.4 is 9.64 Å². The third-order valence-electron chi connectivity index (χ3n) is 4.80. The number of phenols is 1. The van der Waals surface area contributed by atoms with Crippen LogP contribution in [0.25, 0.3) is 11.4 Å². The van der Waals surface area contributed by atoms with Crippen molar-refractivity contribution >= 4 is 5.95 Å². The Hall–Kier alpha value is -3.09. The number of imidazole rings is 1. The molecule has 1 fully saturated rings. The van der Waals surface area contributed by atoms with E-state index in [1.54, 1.807) is 31.6 Å². The number of rotatable bonds is 4. The van der Waals surface area contributed by atoms with Crippen molar-refractivity contribution in [3.05, 3.63) is 49.1 Å². The number of nitrogens with zero attached hydrogens (tertiary/aromatic N) is 5. The highest BCUT2D eigenvalue weighted by Crippen LogP contribution is 2.33. The van der Waals surface area contributed by atoms with Gasteiger partial charge in [-0.2, -0.15) is 0 Å². The first-order valence-electron chi connectivity index (χ1n) is 8.68. The first-order valence-corrected chi connectivity index (χ1v) is 8.68. The van der Waals surface area contributed by atoms with Gasteiger partial charge in [0.1, 0.15) is 5.82 Å². The molecule has 1 aliphatic rings. The summed E-state index contributed by atoms with van der Waals surface area (Å²) in [4.78, 5) is 15.4. The van der Waals surface area contributed by atoms with Crippen LogP contribution in [0, 0.1) is 0 Å². The van der Waals surface area contributed by atoms with Crippen molar-refractivity contribution in [3.63, 3.8) is 0 Å². The smallest absolute Gasteiger partial charge is 0.225 e. The van der Waals surface area contributed by atoms with Gasteiger partial charge in [-0.3, -0.25) is 0 Å². The molecule has 1 aromatic carbocycles. The van der Waals surface area contributed by atoms with E-state index in [9.17, 15) is 5.11 Å². The number of anilines is 1. The summed E-state index contributed by atoms with van der Waals surface area (Å²) in [6, 6.07) is 7.57. The molecule has 134 valence electrons. The van der Waals surface area contributed by atoms with Gasteiger partial charge >= 0.3 is 0 Å². The summed E-state index contributed by atoms with van der Waals surface area (Å²) in [6.45, 7) is 1.81. The van der Waals surface area contributed by atoms with Gasteiger partial charge in [-0.05, 0) is 37.1 Å². The number of benzene rings is 1. The van der Waals surface area contributed by atoms with E-state index >= 15 is 0 Å². The first kappa shape index (κ1) is 16.4. The number of hydrogen-bond donors (Lipinski definition) is 1. The number of aromatic nitrogens is 4. The average molecular weight is 351 g/mol. The zero-order valence-corrected chi connectivity index (χ0v) is 14.6. The fraction of sp³-hybridized carbons (Fsp3) is 0.316. The number of methoxy groups -OCH3 is 1. The van der Waals surface area contributed by atoms with Crippen LogP contribution >= 0.6 is 0 Å². The summed E-state index contributed by atoms with van der Waals surface area (Å²) in [5.41, 5.74) is 0.877. The van der Waals surface area contributed by atoms with Crippen LogP contribution in [0.2, 0.25) is 0 Å². The maximum absolute atomic E-state index is 10.1. The minimum absolute atomic E-state index is 0.121. The van der Waals surface area contributed by atoms with Crippen LogP contribution in [0.15, 0.2) is 49.1 Å². The first-order chi connectivity index (χ1) is 12.8. The fourth-order valence-corrected chi connectivity index (χ4v) is 3.46. The van der Waals surface area contributed by atoms with Gasteiger partial charge < -0.3 is 19.3 Å². The molecule has 0 spiro atoms. The summed E-state index contributed by atoms with van der Waals surface area (Å²) in [7, 11) is 1.54. The van der Waals surface area contributed by atoms with Crippen molar-refractivity contribution in [1.82, 2.24) is 19.5 Å². The van der Waals surface area contributed by atoms with Gasteiger partial charge in [0.25, 0.3) is 0 Å². The Kier molecular flexibility index (Phi) is 4.43. The van der Waals surface area contributed by atoms with E-state index in [4.69, 9.17) is 4.74 Å². The lowest BCUT2D eigenvalue weighted by molar-refractivity contribution is 0.373. The van der Waals surface area contributed by atoms with E-state index in [1.807, 2.05) is 24.5 Å². The van der Waals surface area contributed by atoms with Gasteiger partial charge in [-0.15, -0.1) is 0 Å². The molecule has 7 nitrogen and oxygen atoms in total. The molecule has 4 rings (SSSR count). The van der Waals surface area contributed by atoms with Crippen LogP contribution in [0.3, 0.4) is 0 Å². The molecule has 3 heterocycles. The van der Waals surface area contributed by atoms with Gasteiger partial charge in [-0.1, -0.05) is 0 Å². The minimum atomic E-state index is 0.121. The molecule has 0 bridgehead atoms. The lowest BCUT2D eigenvalue weighted by Gasteiger charge is -2.33. The second-order valence-corrected chi connectivity index (χ2v) is 6.31. The maximum Gasteiger partial charge on any atom is 0.225 e. The fourth-order valence-electron chi connectivity index (χ4n) is 3.46. The Balaban J connectivity index is 1.52. The number of hydrogen-bond acceptors (Lipinski definition) is 6. The topological polar surface area (TPSA) is 76.3 Å². The lowest BCUT2D eigenvalue weighted by atomic mass is 10.0. The number of piperidine rings is 1. The molecule has 7 heteroatoms. The zero-order valence-electron chi connectivity index (χ0n) is 14.6. The Morgan fingerprint density at radius 3 is 2.54 bits per heavy atom. The highest BCUT2D eigenvalue weighted by Gasteiger charge is 2.24. The van der Waals surface area contributed by atoms with E-state index in [1.165, 1.54) is 0 Å². The monoisotopic (exact) mass is 351 g/mol. The SMILES string of the molecule is COc1ccc(-c2nccn2C2CCN(c3ncccn3)CC2)cc1O. The molecule has 1 aliphatic heterocycles. The van der Waals surface area contributed by atoms with E-state index < -0.39 is 0 Å². The molecule has 0 radical (unpaired) electrons. The minimum Gasteiger partial charge on any atom is -0.504 e. The van der Waals surface area contributed by atoms with Crippen LogP contribution in [0.4, 0.5) is 5.95 Å². The van der Waals surface area contributed by atoms with E-state index in [0.717, 1.165) is 43.3 Å². The second-order valence-electron chi connectivity index (χ2n) is 6.31. The van der Waals surface area contributed by atoms with Crippen molar-refractivity contribution in [1.29, 1.82) is 0 Å². The Labute approximate surface area is 151 Å². The molecule has 0 unspecified atom stereocenters. The summed E-state index contributed by atoms with van der Waals surface area (Å²) in [5, 5.41) is 10.1. The summed E-state index contributed by atoms with van der Waals surface area (Å²) < 4.78 is 7.32. The maximum atomic E-state index is 10.1. The van der Waals surface area contributed by atoms with Crippen LogP contribution in [-0.2, 0) is 0 Å². The highest BCUT2D eigenvalue weighted by molar-refractivity contribution is 5.61. The summed E-state index contributed by atoms with van der Waals surface area (Å²) in [5.74, 6) is 2.23. The predicted molar refractivity (Wildman–Crippen MR) is 98.4 cm³/mol. The van der Waals surface area contributed by atoms with E-state index in [0.29, 0.717) is 11.8 Å². The molecule has 0 amide bonds. The van der Waals surface area contributed by atoms with Crippen LogP contribution in [0.5, 0.6) is 11.5 Å². The Morgan fingerprint density at radius 2 is 1.85 bits per heavy atom. The molecule has 1 saturated heterocycles. The summed E-state index contributed by atoms with van der Waals surface area (Å²) in [6.07, 6.45) is 9.35. The lowest BCUT2D eigenvalue weighted by Crippen LogP contribution is -2.35. The van der Waals surface area contributed by atoms with Crippen molar-refractivity contribution in [2.75, 3.05) is 25.1 Å². The Bertz CT molecular complexity index is 873. The quantitative estimate of drug-likeness (QED) is 0.779. The molecule has 26 heavy (non-hydrogen) atoms. The molecule has 0 saturated carbocycles. The van der Waals surface area contributed by atoms with Crippen LogP contribution in [-0.4, -0.2) is 44.8 Å². The van der Waals surface area contributed by atoms with E-state index in [2.05, 4.69) is 24.4 Å². The normalized spacial score (nSPS) is 15.2. The van der Waals surface area contributed by atoms with Gasteiger partial charge in [0, 0.05) is 49.5 Å². The molecule has 0 atom stereocenters. The number of aromatic hydroxyl groups is 1. The van der Waals surface area contributed by atoms with Gasteiger partial charge in [0.15, 0.2) is 11.5 Å². The van der Waals surface area contributed by atoms with E-state index in [-0.39, 0.29) is 5.75 Å². The second kappa shape index (κ2) is 7.03. The molecule has 0 aliphatic carbocycles. The zero-order chi connectivity index (χ0) is 17.9. The third-order valence-corrected chi connectivity index (χ3v) is 4.80. The number of phenolic OH excluding ortho intramolecular Hbond substituents is 1. The molecule has 2 aromatic heterocycles. The third kappa shape index (κ3) is 3.08. The molecular weight excluding hydrogens is 330 g/mol. The largest absolute Gasteiger partial charge is 0.504 e. The average Bonchev–Trinajstić information content (AvgIpc) is 3.18. The highest BCUT2D eigenvalue weighted by atomic mass is 16.5. The number of ether oxygens (including phenoxy) is 1. The van der Waals surface area contributed by atoms with Crippen molar-refractivity contribution < 1.29 is 9.84 Å². The van der Waals surface area contributed by atoms with Crippen molar-refractivity contribution in [2.24, 2.45) is 0 Å². The predicted octanol–water partition coefficient (Wildman–Crippen LogP) is 2.90. The van der Waals surface area contributed by atoms with Crippen molar-refractivity contribution in [3.8, 4) is 22.9 Å². The Morgan fingerprint density at radius 1 is 1.08 bits per heavy atom. The van der Waals surface area contributed by atoms with Gasteiger partial charge in [0.05, 0.1) is 7.11 Å². The summed E-state index contributed by atoms with van der Waals surface area (Å²) >= 11 is 0. The molecule has 1 N–H and O–H groups in total. The van der Waals surface area contributed by atoms with Crippen molar-refractivity contribution in [2.45, 2.75) is 18.9 Å². The van der Waals surface area contributed by atoms with Gasteiger partial charge in [-0.25, -0.2) is 15.0 Å². The van der Waals surface area contributed by atoms with Crippen LogP contribution in [0.1, 0.15) is 18.9 Å².